The van der Waals surface area contributed by atoms with Crippen molar-refractivity contribution in [3.63, 3.8) is 0 Å². The highest BCUT2D eigenvalue weighted by molar-refractivity contribution is 7.17. The van der Waals surface area contributed by atoms with Gasteiger partial charge in [-0.25, -0.2) is 0 Å². The second-order valence-electron chi connectivity index (χ2n) is 5.02. The van der Waals surface area contributed by atoms with Crippen molar-refractivity contribution in [2.75, 3.05) is 6.54 Å². The average molecular weight is 285 g/mol. The van der Waals surface area contributed by atoms with Crippen LogP contribution in [-0.4, -0.2) is 6.54 Å². The van der Waals surface area contributed by atoms with Gasteiger partial charge in [-0.2, -0.15) is 0 Å². The number of rotatable bonds is 6. The van der Waals surface area contributed by atoms with Crippen molar-refractivity contribution in [3.05, 3.63) is 59.4 Å². The topological polar surface area (TPSA) is 25.2 Å². The molecule has 1 atom stereocenters. The normalized spacial score (nSPS) is 12.8. The van der Waals surface area contributed by atoms with E-state index in [9.17, 15) is 0 Å². The predicted octanol–water partition coefficient (Wildman–Crippen LogP) is 4.78. The summed E-state index contributed by atoms with van der Waals surface area (Å²) in [6.45, 7) is 3.22. The molecule has 0 aliphatic heterocycles. The molecule has 1 N–H and O–H groups in total. The maximum absolute atomic E-state index is 5.24. The Morgan fingerprint density at radius 2 is 2.15 bits per heavy atom. The molecule has 0 fully saturated rings. The maximum atomic E-state index is 5.24. The van der Waals surface area contributed by atoms with Crippen molar-refractivity contribution < 1.29 is 4.42 Å². The molecule has 20 heavy (non-hydrogen) atoms. The number of nitrogens with one attached hydrogen (secondary N) is 1. The zero-order chi connectivity index (χ0) is 13.8. The summed E-state index contributed by atoms with van der Waals surface area (Å²) in [6, 6.07) is 11.0. The molecule has 1 aromatic carbocycles. The summed E-state index contributed by atoms with van der Waals surface area (Å²) >= 11 is 1.83. The minimum Gasteiger partial charge on any atom is -0.472 e. The van der Waals surface area contributed by atoms with E-state index in [1.807, 2.05) is 17.6 Å². The van der Waals surface area contributed by atoms with Crippen LogP contribution in [0.1, 0.15) is 30.5 Å². The molecule has 2 nitrogen and oxygen atoms in total. The van der Waals surface area contributed by atoms with Crippen LogP contribution in [0.15, 0.2) is 52.7 Å². The van der Waals surface area contributed by atoms with Crippen LogP contribution in [-0.2, 0) is 6.42 Å². The molecule has 104 valence electrons. The van der Waals surface area contributed by atoms with E-state index in [0.717, 1.165) is 19.4 Å². The molecular weight excluding hydrogens is 266 g/mol. The zero-order valence-electron chi connectivity index (χ0n) is 11.6. The van der Waals surface area contributed by atoms with E-state index in [-0.39, 0.29) is 0 Å². The van der Waals surface area contributed by atoms with Crippen LogP contribution in [0.5, 0.6) is 0 Å². The van der Waals surface area contributed by atoms with Crippen LogP contribution >= 0.6 is 11.3 Å². The molecule has 0 radical (unpaired) electrons. The van der Waals surface area contributed by atoms with Crippen LogP contribution < -0.4 is 5.32 Å². The number of fused-ring (bicyclic) bond motifs is 1. The van der Waals surface area contributed by atoms with Gasteiger partial charge in [-0.1, -0.05) is 25.1 Å². The molecule has 0 amide bonds. The molecule has 2 heterocycles. The minimum absolute atomic E-state index is 0.326. The maximum Gasteiger partial charge on any atom is 0.0950 e. The van der Waals surface area contributed by atoms with Gasteiger partial charge in [0.05, 0.1) is 12.5 Å². The molecule has 3 heteroatoms. The largest absolute Gasteiger partial charge is 0.472 e. The Kier molecular flexibility index (Phi) is 4.19. The summed E-state index contributed by atoms with van der Waals surface area (Å²) in [5.74, 6) is 0. The number of benzene rings is 1. The Morgan fingerprint density at radius 3 is 2.95 bits per heavy atom. The van der Waals surface area contributed by atoms with E-state index in [2.05, 4.69) is 48.0 Å². The Balaban J connectivity index is 1.85. The second-order valence-corrected chi connectivity index (χ2v) is 5.94. The van der Waals surface area contributed by atoms with Gasteiger partial charge in [0.25, 0.3) is 0 Å². The first-order chi connectivity index (χ1) is 9.88. The highest BCUT2D eigenvalue weighted by Gasteiger charge is 2.15. The third-order valence-electron chi connectivity index (χ3n) is 3.57. The fraction of sp³-hybridized carbons (Fsp3) is 0.294. The van der Waals surface area contributed by atoms with Gasteiger partial charge < -0.3 is 9.73 Å². The molecule has 0 aliphatic rings. The van der Waals surface area contributed by atoms with E-state index in [0.29, 0.717) is 6.04 Å². The fourth-order valence-corrected chi connectivity index (χ4v) is 3.49. The summed E-state index contributed by atoms with van der Waals surface area (Å²) in [6.07, 6.45) is 5.74. The van der Waals surface area contributed by atoms with E-state index in [4.69, 9.17) is 4.42 Å². The molecule has 0 saturated heterocycles. The lowest BCUT2D eigenvalue weighted by Gasteiger charge is -2.16. The van der Waals surface area contributed by atoms with Crippen molar-refractivity contribution >= 4 is 21.4 Å². The van der Waals surface area contributed by atoms with Crippen LogP contribution in [0.3, 0.4) is 0 Å². The Morgan fingerprint density at radius 1 is 1.25 bits per heavy atom. The molecular formula is C17H19NOS. The van der Waals surface area contributed by atoms with E-state index >= 15 is 0 Å². The molecule has 0 saturated carbocycles. The Labute approximate surface area is 123 Å². The van der Waals surface area contributed by atoms with Crippen LogP contribution in [0.25, 0.3) is 10.1 Å². The van der Waals surface area contributed by atoms with Crippen molar-refractivity contribution in [2.45, 2.75) is 25.8 Å². The monoisotopic (exact) mass is 285 g/mol. The molecule has 1 unspecified atom stereocenters. The van der Waals surface area contributed by atoms with Gasteiger partial charge in [0.15, 0.2) is 0 Å². The van der Waals surface area contributed by atoms with Crippen molar-refractivity contribution in [3.8, 4) is 0 Å². The highest BCUT2D eigenvalue weighted by atomic mass is 32.1. The van der Waals surface area contributed by atoms with Crippen LogP contribution in [0.4, 0.5) is 0 Å². The van der Waals surface area contributed by atoms with Gasteiger partial charge in [-0.3, -0.25) is 0 Å². The highest BCUT2D eigenvalue weighted by Crippen LogP contribution is 2.29. The number of thiophene rings is 1. The SMILES string of the molecule is CCCNC(Cc1csc2ccccc12)c1ccoc1. The first kappa shape index (κ1) is 13.4. The van der Waals surface area contributed by atoms with Crippen molar-refractivity contribution in [1.29, 1.82) is 0 Å². The Hall–Kier alpha value is -1.58. The summed E-state index contributed by atoms with van der Waals surface area (Å²) in [4.78, 5) is 0. The van der Waals surface area contributed by atoms with Gasteiger partial charge in [-0.15, -0.1) is 11.3 Å². The summed E-state index contributed by atoms with van der Waals surface area (Å²) in [5, 5.41) is 7.28. The van der Waals surface area contributed by atoms with Gasteiger partial charge in [-0.05, 0) is 47.8 Å². The summed E-state index contributed by atoms with van der Waals surface area (Å²) in [7, 11) is 0. The van der Waals surface area contributed by atoms with Gasteiger partial charge in [0, 0.05) is 16.3 Å². The third-order valence-corrected chi connectivity index (χ3v) is 4.58. The van der Waals surface area contributed by atoms with E-state index < -0.39 is 0 Å². The number of furan rings is 1. The van der Waals surface area contributed by atoms with E-state index in [1.54, 1.807) is 6.26 Å². The molecule has 0 aliphatic carbocycles. The average Bonchev–Trinajstić information content (AvgIpc) is 3.13. The summed E-state index contributed by atoms with van der Waals surface area (Å²) < 4.78 is 6.61. The quantitative estimate of drug-likeness (QED) is 0.705. The molecule has 3 rings (SSSR count). The van der Waals surface area contributed by atoms with Crippen LogP contribution in [0, 0.1) is 0 Å². The number of hydrogen-bond acceptors (Lipinski definition) is 3. The van der Waals surface area contributed by atoms with Gasteiger partial charge in [0.2, 0.25) is 0 Å². The van der Waals surface area contributed by atoms with Crippen molar-refractivity contribution in [2.24, 2.45) is 0 Å². The predicted molar refractivity (Wildman–Crippen MR) is 85.3 cm³/mol. The lowest BCUT2D eigenvalue weighted by molar-refractivity contribution is 0.513. The minimum atomic E-state index is 0.326. The summed E-state index contributed by atoms with van der Waals surface area (Å²) in [5.41, 5.74) is 2.65. The molecule has 2 aromatic heterocycles. The Bertz CT molecular complexity index is 657. The molecule has 0 bridgehead atoms. The first-order valence-electron chi connectivity index (χ1n) is 7.09. The van der Waals surface area contributed by atoms with Gasteiger partial charge >= 0.3 is 0 Å². The zero-order valence-corrected chi connectivity index (χ0v) is 12.5. The number of hydrogen-bond donors (Lipinski definition) is 1. The van der Waals surface area contributed by atoms with E-state index in [1.165, 1.54) is 21.2 Å². The smallest absolute Gasteiger partial charge is 0.0950 e. The third kappa shape index (κ3) is 2.79. The molecule has 3 aromatic rings. The van der Waals surface area contributed by atoms with Crippen molar-refractivity contribution in [1.82, 2.24) is 5.32 Å². The van der Waals surface area contributed by atoms with Crippen LogP contribution in [0.2, 0.25) is 0 Å². The lowest BCUT2D eigenvalue weighted by Crippen LogP contribution is -2.23. The standard InChI is InChI=1S/C17H19NOS/c1-2-8-18-16(13-7-9-19-11-13)10-14-12-20-17-6-4-3-5-15(14)17/h3-7,9,11-12,16,18H,2,8,10H2,1H3. The molecule has 0 spiro atoms. The van der Waals surface area contributed by atoms with Gasteiger partial charge in [0.1, 0.15) is 0 Å². The lowest BCUT2D eigenvalue weighted by atomic mass is 10.0. The second kappa shape index (κ2) is 6.25. The first-order valence-corrected chi connectivity index (χ1v) is 7.97. The fourth-order valence-electron chi connectivity index (χ4n) is 2.51.